The second kappa shape index (κ2) is 9.15. The van der Waals surface area contributed by atoms with E-state index in [-0.39, 0.29) is 6.61 Å². The van der Waals surface area contributed by atoms with Crippen LogP contribution in [0.3, 0.4) is 0 Å². The van der Waals surface area contributed by atoms with Gasteiger partial charge in [0.2, 0.25) is 0 Å². The van der Waals surface area contributed by atoms with Crippen LogP contribution in [0.4, 0.5) is 0 Å². The van der Waals surface area contributed by atoms with E-state index in [0.717, 1.165) is 38.9 Å². The molecular weight excluding hydrogens is 324 g/mol. The predicted molar refractivity (Wildman–Crippen MR) is 104 cm³/mol. The van der Waals surface area contributed by atoms with Crippen LogP contribution < -0.4 is 0 Å². The van der Waals surface area contributed by atoms with Crippen LogP contribution in [0.25, 0.3) is 0 Å². The van der Waals surface area contributed by atoms with Crippen molar-refractivity contribution in [2.24, 2.45) is 11.8 Å². The van der Waals surface area contributed by atoms with Gasteiger partial charge in [-0.3, -0.25) is 4.98 Å². The van der Waals surface area contributed by atoms with Crippen molar-refractivity contribution in [1.82, 2.24) is 9.88 Å². The van der Waals surface area contributed by atoms with Crippen molar-refractivity contribution in [2.45, 2.75) is 32.1 Å². The number of aromatic nitrogens is 1. The highest BCUT2D eigenvalue weighted by atomic mass is 16.3. The van der Waals surface area contributed by atoms with Gasteiger partial charge in [0.25, 0.3) is 0 Å². The second-order valence-electron chi connectivity index (χ2n) is 7.66. The fourth-order valence-electron chi connectivity index (χ4n) is 4.13. The minimum absolute atomic E-state index is 0.282. The van der Waals surface area contributed by atoms with Crippen LogP contribution in [-0.4, -0.2) is 46.3 Å². The minimum Gasteiger partial charge on any atom is -0.508 e. The Hall–Kier alpha value is -1.91. The molecule has 26 heavy (non-hydrogen) atoms. The number of rotatable bonds is 8. The van der Waals surface area contributed by atoms with E-state index in [4.69, 9.17) is 0 Å². The van der Waals surface area contributed by atoms with Gasteiger partial charge in [0.05, 0.1) is 0 Å². The smallest absolute Gasteiger partial charge is 0.115 e. The van der Waals surface area contributed by atoms with Gasteiger partial charge < -0.3 is 15.1 Å². The molecule has 1 saturated heterocycles. The predicted octanol–water partition coefficient (Wildman–Crippen LogP) is 3.45. The van der Waals surface area contributed by atoms with Gasteiger partial charge in [-0.05, 0) is 72.4 Å². The van der Waals surface area contributed by atoms with Crippen molar-refractivity contribution in [1.29, 1.82) is 0 Å². The quantitative estimate of drug-likeness (QED) is 0.762. The van der Waals surface area contributed by atoms with Crippen molar-refractivity contribution in [2.75, 3.05) is 26.2 Å². The Kier molecular flexibility index (Phi) is 6.64. The number of phenols is 1. The van der Waals surface area contributed by atoms with Crippen LogP contribution in [0.1, 0.15) is 36.8 Å². The summed E-state index contributed by atoms with van der Waals surface area (Å²) in [6, 6.07) is 11.7. The molecule has 1 aromatic carbocycles. The Balaban J connectivity index is 1.49. The SMILES string of the molecule is CC(CN1C[C@@H](CCCc2ccncc2)[C@@H](CO)C1)c1ccc(O)cc1. The average molecular weight is 354 g/mol. The third-order valence-corrected chi connectivity index (χ3v) is 5.67. The molecule has 0 amide bonds. The lowest BCUT2D eigenvalue weighted by atomic mass is 9.91. The summed E-state index contributed by atoms with van der Waals surface area (Å²) in [5.74, 6) is 1.70. The van der Waals surface area contributed by atoms with Crippen LogP contribution in [0, 0.1) is 11.8 Å². The molecule has 0 radical (unpaired) electrons. The number of aliphatic hydroxyl groups excluding tert-OH is 1. The molecule has 0 saturated carbocycles. The van der Waals surface area contributed by atoms with E-state index in [1.54, 1.807) is 12.1 Å². The molecule has 1 fully saturated rings. The van der Waals surface area contributed by atoms with Gasteiger partial charge in [0.15, 0.2) is 0 Å². The molecule has 1 aliphatic rings. The molecule has 2 N–H and O–H groups in total. The molecule has 4 heteroatoms. The fraction of sp³-hybridized carbons (Fsp3) is 0.500. The van der Waals surface area contributed by atoms with E-state index in [9.17, 15) is 10.2 Å². The highest BCUT2D eigenvalue weighted by Crippen LogP contribution is 2.30. The van der Waals surface area contributed by atoms with Crippen LogP contribution in [-0.2, 0) is 6.42 Å². The van der Waals surface area contributed by atoms with Crippen LogP contribution in [0.15, 0.2) is 48.8 Å². The summed E-state index contributed by atoms with van der Waals surface area (Å²) in [7, 11) is 0. The molecule has 2 heterocycles. The van der Waals surface area contributed by atoms with Crippen molar-refractivity contribution in [3.63, 3.8) is 0 Å². The Morgan fingerprint density at radius 3 is 2.46 bits per heavy atom. The Morgan fingerprint density at radius 2 is 1.77 bits per heavy atom. The lowest BCUT2D eigenvalue weighted by Crippen LogP contribution is -2.26. The summed E-state index contributed by atoms with van der Waals surface area (Å²) in [5, 5.41) is 19.2. The van der Waals surface area contributed by atoms with Gasteiger partial charge in [-0.2, -0.15) is 0 Å². The van der Waals surface area contributed by atoms with Gasteiger partial charge in [-0.15, -0.1) is 0 Å². The van der Waals surface area contributed by atoms with E-state index in [1.807, 2.05) is 24.5 Å². The van der Waals surface area contributed by atoms with E-state index < -0.39 is 0 Å². The van der Waals surface area contributed by atoms with Gasteiger partial charge >= 0.3 is 0 Å². The minimum atomic E-state index is 0.282. The first-order valence-corrected chi connectivity index (χ1v) is 9.66. The summed E-state index contributed by atoms with van der Waals surface area (Å²) in [6.45, 7) is 5.58. The number of hydrogen-bond donors (Lipinski definition) is 2. The average Bonchev–Trinajstić information content (AvgIpc) is 3.04. The molecule has 1 aromatic heterocycles. The molecule has 1 aliphatic heterocycles. The highest BCUT2D eigenvalue weighted by molar-refractivity contribution is 5.28. The molecule has 2 aromatic rings. The number of benzene rings is 1. The molecule has 0 aliphatic carbocycles. The number of phenolic OH excluding ortho intramolecular Hbond substituents is 1. The normalized spacial score (nSPS) is 21.8. The topological polar surface area (TPSA) is 56.6 Å². The summed E-state index contributed by atoms with van der Waals surface area (Å²) in [5.41, 5.74) is 2.60. The van der Waals surface area contributed by atoms with Gasteiger partial charge in [0.1, 0.15) is 5.75 Å². The molecular formula is C22H30N2O2. The first kappa shape index (κ1) is 18.9. The second-order valence-corrected chi connectivity index (χ2v) is 7.66. The number of aryl methyl sites for hydroxylation is 1. The Morgan fingerprint density at radius 1 is 1.08 bits per heavy atom. The number of aliphatic hydroxyl groups is 1. The van der Waals surface area contributed by atoms with Crippen molar-refractivity contribution >= 4 is 0 Å². The summed E-state index contributed by atoms with van der Waals surface area (Å²) in [6.07, 6.45) is 7.12. The Labute approximate surface area is 156 Å². The summed E-state index contributed by atoms with van der Waals surface area (Å²) >= 11 is 0. The van der Waals surface area contributed by atoms with E-state index in [1.165, 1.54) is 11.1 Å². The fourth-order valence-corrected chi connectivity index (χ4v) is 4.13. The number of nitrogens with zero attached hydrogens (tertiary/aromatic N) is 2. The van der Waals surface area contributed by atoms with Crippen molar-refractivity contribution < 1.29 is 10.2 Å². The summed E-state index contributed by atoms with van der Waals surface area (Å²) in [4.78, 5) is 6.57. The molecule has 3 atom stereocenters. The first-order chi connectivity index (χ1) is 12.7. The van der Waals surface area contributed by atoms with Crippen LogP contribution in [0.5, 0.6) is 5.75 Å². The summed E-state index contributed by atoms with van der Waals surface area (Å²) < 4.78 is 0. The van der Waals surface area contributed by atoms with Gasteiger partial charge in [-0.25, -0.2) is 0 Å². The molecule has 1 unspecified atom stereocenters. The van der Waals surface area contributed by atoms with Gasteiger partial charge in [-0.1, -0.05) is 19.1 Å². The maximum Gasteiger partial charge on any atom is 0.115 e. The van der Waals surface area contributed by atoms with Gasteiger partial charge in [0, 0.05) is 38.6 Å². The molecule has 3 rings (SSSR count). The van der Waals surface area contributed by atoms with E-state index in [2.05, 4.69) is 28.9 Å². The highest BCUT2D eigenvalue weighted by Gasteiger charge is 2.32. The maximum absolute atomic E-state index is 9.79. The molecule has 4 nitrogen and oxygen atoms in total. The zero-order chi connectivity index (χ0) is 18.4. The number of pyridine rings is 1. The third-order valence-electron chi connectivity index (χ3n) is 5.67. The number of likely N-dealkylation sites (tertiary alicyclic amines) is 1. The largest absolute Gasteiger partial charge is 0.508 e. The third kappa shape index (κ3) is 5.05. The van der Waals surface area contributed by atoms with E-state index >= 15 is 0 Å². The molecule has 0 spiro atoms. The zero-order valence-electron chi connectivity index (χ0n) is 15.6. The van der Waals surface area contributed by atoms with Crippen LogP contribution >= 0.6 is 0 Å². The van der Waals surface area contributed by atoms with E-state index in [0.29, 0.717) is 23.5 Å². The number of hydrogen-bond acceptors (Lipinski definition) is 4. The Bertz CT molecular complexity index is 660. The lowest BCUT2D eigenvalue weighted by molar-refractivity contribution is 0.195. The standard InChI is InChI=1S/C22H30N2O2/c1-17(19-5-7-22(26)8-6-19)13-24-14-20(21(15-24)16-25)4-2-3-18-9-11-23-12-10-18/h5-12,17,20-21,25-26H,2-4,13-16H2,1H3/t17?,20-,21-/m1/s1. The maximum atomic E-state index is 9.79. The first-order valence-electron chi connectivity index (χ1n) is 9.66. The monoisotopic (exact) mass is 354 g/mol. The van der Waals surface area contributed by atoms with Crippen LogP contribution in [0.2, 0.25) is 0 Å². The number of aromatic hydroxyl groups is 1. The van der Waals surface area contributed by atoms with Crippen molar-refractivity contribution in [3.05, 3.63) is 59.9 Å². The lowest BCUT2D eigenvalue weighted by Gasteiger charge is -2.21. The molecule has 0 bridgehead atoms. The van der Waals surface area contributed by atoms with Crippen molar-refractivity contribution in [3.8, 4) is 5.75 Å². The zero-order valence-corrected chi connectivity index (χ0v) is 15.6. The molecule has 140 valence electrons.